The van der Waals surface area contributed by atoms with E-state index >= 15 is 0 Å². The molecule has 9 heteroatoms. The minimum atomic E-state index is -3.83. The zero-order chi connectivity index (χ0) is 18.1. The van der Waals surface area contributed by atoms with Gasteiger partial charge in [-0.25, -0.2) is 21.6 Å². The first-order valence-electron chi connectivity index (χ1n) is 7.59. The van der Waals surface area contributed by atoms with Crippen molar-refractivity contribution in [1.82, 2.24) is 4.72 Å². The highest BCUT2D eigenvalue weighted by molar-refractivity contribution is 7.92. The smallest absolute Gasteiger partial charge is 0.261 e. The SMILES string of the molecule is COc1ccc(S(=O)(=O)Nc2cccc(S(=O)(=O)NC3CC3)c2)cc1. The molecule has 7 nitrogen and oxygen atoms in total. The van der Waals surface area contributed by atoms with E-state index in [0.29, 0.717) is 5.75 Å². The third-order valence-corrected chi connectivity index (χ3v) is 6.58. The van der Waals surface area contributed by atoms with Gasteiger partial charge >= 0.3 is 0 Å². The van der Waals surface area contributed by atoms with Gasteiger partial charge in [-0.2, -0.15) is 0 Å². The topological polar surface area (TPSA) is 102 Å². The van der Waals surface area contributed by atoms with Gasteiger partial charge in [0.1, 0.15) is 5.75 Å². The summed E-state index contributed by atoms with van der Waals surface area (Å²) in [6.07, 6.45) is 1.64. The number of benzene rings is 2. The van der Waals surface area contributed by atoms with Crippen LogP contribution in [0, 0.1) is 0 Å². The van der Waals surface area contributed by atoms with E-state index in [2.05, 4.69) is 9.44 Å². The molecular formula is C16H18N2O5S2. The molecule has 2 aromatic rings. The van der Waals surface area contributed by atoms with E-state index in [1.165, 1.54) is 55.6 Å². The summed E-state index contributed by atoms with van der Waals surface area (Å²) in [4.78, 5) is 0.0759. The lowest BCUT2D eigenvalue weighted by Crippen LogP contribution is -2.25. The molecule has 1 aliphatic rings. The van der Waals surface area contributed by atoms with Crippen LogP contribution in [0.15, 0.2) is 58.3 Å². The molecule has 25 heavy (non-hydrogen) atoms. The Bertz CT molecular complexity index is 966. The van der Waals surface area contributed by atoms with E-state index in [4.69, 9.17) is 4.74 Å². The zero-order valence-electron chi connectivity index (χ0n) is 13.5. The van der Waals surface area contributed by atoms with Gasteiger partial charge < -0.3 is 4.74 Å². The molecule has 0 amide bonds. The Balaban J connectivity index is 1.83. The summed E-state index contributed by atoms with van der Waals surface area (Å²) in [7, 11) is -5.99. The Kier molecular flexibility index (Phi) is 4.72. The molecule has 0 aromatic heterocycles. The highest BCUT2D eigenvalue weighted by Gasteiger charge is 2.28. The predicted octanol–water partition coefficient (Wildman–Crippen LogP) is 1.94. The second-order valence-electron chi connectivity index (χ2n) is 5.70. The fraction of sp³-hybridized carbons (Fsp3) is 0.250. The van der Waals surface area contributed by atoms with Crippen LogP contribution in [0.3, 0.4) is 0 Å². The Morgan fingerprint density at radius 3 is 2.20 bits per heavy atom. The quantitative estimate of drug-likeness (QED) is 0.762. The molecule has 0 saturated heterocycles. The van der Waals surface area contributed by atoms with E-state index in [0.717, 1.165) is 12.8 Å². The molecular weight excluding hydrogens is 364 g/mol. The average molecular weight is 382 g/mol. The monoisotopic (exact) mass is 382 g/mol. The van der Waals surface area contributed by atoms with Gasteiger partial charge in [0.2, 0.25) is 10.0 Å². The van der Waals surface area contributed by atoms with E-state index in [9.17, 15) is 16.8 Å². The second-order valence-corrected chi connectivity index (χ2v) is 9.10. The molecule has 134 valence electrons. The van der Waals surface area contributed by atoms with Crippen LogP contribution >= 0.6 is 0 Å². The summed E-state index contributed by atoms with van der Waals surface area (Å²) in [5.41, 5.74) is 0.175. The van der Waals surface area contributed by atoms with Crippen molar-refractivity contribution in [2.45, 2.75) is 28.7 Å². The summed E-state index contributed by atoms with van der Waals surface area (Å²) in [6, 6.07) is 11.6. The van der Waals surface area contributed by atoms with Gasteiger partial charge in [-0.1, -0.05) is 6.07 Å². The van der Waals surface area contributed by atoms with E-state index in [1.807, 2.05) is 0 Å². The molecule has 1 fully saturated rings. The summed E-state index contributed by atoms with van der Waals surface area (Å²) in [5, 5.41) is 0. The summed E-state index contributed by atoms with van der Waals surface area (Å²) < 4.78 is 59.3. The van der Waals surface area contributed by atoms with Crippen LogP contribution < -0.4 is 14.2 Å². The molecule has 1 saturated carbocycles. The van der Waals surface area contributed by atoms with Gasteiger partial charge in [-0.05, 0) is 55.3 Å². The van der Waals surface area contributed by atoms with Gasteiger partial charge in [0, 0.05) is 6.04 Å². The Morgan fingerprint density at radius 1 is 0.920 bits per heavy atom. The minimum Gasteiger partial charge on any atom is -0.497 e. The van der Waals surface area contributed by atoms with Crippen LogP contribution in [-0.2, 0) is 20.0 Å². The van der Waals surface area contributed by atoms with Crippen molar-refractivity contribution in [3.63, 3.8) is 0 Å². The molecule has 0 aliphatic heterocycles. The number of ether oxygens (including phenoxy) is 1. The largest absolute Gasteiger partial charge is 0.497 e. The first-order valence-corrected chi connectivity index (χ1v) is 10.6. The molecule has 3 rings (SSSR count). The van der Waals surface area contributed by atoms with E-state index < -0.39 is 20.0 Å². The van der Waals surface area contributed by atoms with Crippen LogP contribution in [0.25, 0.3) is 0 Å². The Morgan fingerprint density at radius 2 is 1.60 bits per heavy atom. The van der Waals surface area contributed by atoms with Crippen LogP contribution in [0.4, 0.5) is 5.69 Å². The van der Waals surface area contributed by atoms with Crippen LogP contribution in [0.5, 0.6) is 5.75 Å². The van der Waals surface area contributed by atoms with Gasteiger partial charge in [-0.3, -0.25) is 4.72 Å². The number of sulfonamides is 2. The third-order valence-electron chi connectivity index (χ3n) is 3.67. The number of anilines is 1. The van der Waals surface area contributed by atoms with Crippen molar-refractivity contribution in [2.75, 3.05) is 11.8 Å². The molecule has 0 spiro atoms. The van der Waals surface area contributed by atoms with Crippen LogP contribution in [-0.4, -0.2) is 30.0 Å². The molecule has 0 radical (unpaired) electrons. The summed E-state index contributed by atoms with van der Waals surface area (Å²) in [6.45, 7) is 0. The highest BCUT2D eigenvalue weighted by Crippen LogP contribution is 2.24. The van der Waals surface area contributed by atoms with Gasteiger partial charge in [0.15, 0.2) is 0 Å². The van der Waals surface area contributed by atoms with Crippen molar-refractivity contribution in [1.29, 1.82) is 0 Å². The molecule has 2 aromatic carbocycles. The van der Waals surface area contributed by atoms with Crippen molar-refractivity contribution >= 4 is 25.7 Å². The lowest BCUT2D eigenvalue weighted by Gasteiger charge is -2.11. The van der Waals surface area contributed by atoms with Crippen molar-refractivity contribution < 1.29 is 21.6 Å². The lowest BCUT2D eigenvalue weighted by molar-refractivity contribution is 0.414. The number of hydrogen-bond acceptors (Lipinski definition) is 5. The van der Waals surface area contributed by atoms with E-state index in [-0.39, 0.29) is 21.5 Å². The fourth-order valence-corrected chi connectivity index (χ4v) is 4.58. The van der Waals surface area contributed by atoms with Gasteiger partial charge in [0.25, 0.3) is 10.0 Å². The fourth-order valence-electron chi connectivity index (χ4n) is 2.18. The van der Waals surface area contributed by atoms with Gasteiger partial charge in [0.05, 0.1) is 22.6 Å². The number of hydrogen-bond donors (Lipinski definition) is 2. The highest BCUT2D eigenvalue weighted by atomic mass is 32.2. The Hall–Kier alpha value is -2.10. The first-order chi connectivity index (χ1) is 11.8. The molecule has 0 atom stereocenters. The second kappa shape index (κ2) is 6.66. The normalized spacial score (nSPS) is 14.9. The summed E-state index contributed by atoms with van der Waals surface area (Å²) in [5.74, 6) is 0.540. The maximum atomic E-state index is 12.4. The van der Waals surface area contributed by atoms with Crippen molar-refractivity contribution in [2.24, 2.45) is 0 Å². The average Bonchev–Trinajstić information content (AvgIpc) is 3.38. The Labute approximate surface area is 147 Å². The molecule has 0 heterocycles. The molecule has 0 bridgehead atoms. The molecule has 1 aliphatic carbocycles. The maximum Gasteiger partial charge on any atom is 0.261 e. The third kappa shape index (κ3) is 4.30. The van der Waals surface area contributed by atoms with Crippen molar-refractivity contribution in [3.8, 4) is 5.75 Å². The number of nitrogens with one attached hydrogen (secondary N) is 2. The minimum absolute atomic E-state index is 0.0225. The van der Waals surface area contributed by atoms with Crippen LogP contribution in [0.2, 0.25) is 0 Å². The van der Waals surface area contributed by atoms with Crippen LogP contribution in [0.1, 0.15) is 12.8 Å². The summed E-state index contributed by atoms with van der Waals surface area (Å²) >= 11 is 0. The zero-order valence-corrected chi connectivity index (χ0v) is 15.1. The predicted molar refractivity (Wildman–Crippen MR) is 93.6 cm³/mol. The van der Waals surface area contributed by atoms with Crippen molar-refractivity contribution in [3.05, 3.63) is 48.5 Å². The standard InChI is InChI=1S/C16H18N2O5S2/c1-23-14-7-9-15(10-8-14)24(19,20)18-13-3-2-4-16(11-13)25(21,22)17-12-5-6-12/h2-4,7-12,17-18H,5-6H2,1H3. The van der Waals surface area contributed by atoms with Gasteiger partial charge in [-0.15, -0.1) is 0 Å². The molecule has 0 unspecified atom stereocenters. The first kappa shape index (κ1) is 17.7. The van der Waals surface area contributed by atoms with E-state index in [1.54, 1.807) is 0 Å². The maximum absolute atomic E-state index is 12.4. The number of rotatable bonds is 7. The number of methoxy groups -OCH3 is 1. The molecule has 2 N–H and O–H groups in total. The lowest BCUT2D eigenvalue weighted by atomic mass is 10.3.